The Kier molecular flexibility index (Phi) is 5.02. The molecule has 1 fully saturated rings. The van der Waals surface area contributed by atoms with Gasteiger partial charge in [0.2, 0.25) is 5.91 Å². The van der Waals surface area contributed by atoms with Gasteiger partial charge < -0.3 is 9.64 Å². The van der Waals surface area contributed by atoms with E-state index in [9.17, 15) is 9.18 Å². The first-order chi connectivity index (χ1) is 11.2. The van der Waals surface area contributed by atoms with E-state index in [0.29, 0.717) is 25.3 Å². The van der Waals surface area contributed by atoms with Crippen LogP contribution in [0.1, 0.15) is 6.42 Å². The molecule has 23 heavy (non-hydrogen) atoms. The number of nitrogens with zero attached hydrogens (tertiary/aromatic N) is 4. The third-order valence-electron chi connectivity index (χ3n) is 3.38. The van der Waals surface area contributed by atoms with Gasteiger partial charge in [-0.05, 0) is 12.1 Å². The highest BCUT2D eigenvalue weighted by atomic mass is 32.2. The minimum absolute atomic E-state index is 0.0675. The van der Waals surface area contributed by atoms with Crippen molar-refractivity contribution < 1.29 is 13.9 Å². The molecule has 8 heteroatoms. The highest BCUT2D eigenvalue weighted by molar-refractivity contribution is 8.00. The molecule has 1 aliphatic rings. The Hall–Kier alpha value is -2.22. The summed E-state index contributed by atoms with van der Waals surface area (Å²) in [6.07, 6.45) is 6.09. The van der Waals surface area contributed by atoms with Crippen LogP contribution in [0, 0.1) is 5.82 Å². The van der Waals surface area contributed by atoms with Gasteiger partial charge in [0, 0.05) is 30.3 Å². The molecular weight excluding hydrogens is 319 g/mol. The lowest BCUT2D eigenvalue weighted by molar-refractivity contribution is -0.127. The topological polar surface area (TPSA) is 68.2 Å². The highest BCUT2D eigenvalue weighted by Gasteiger charge is 2.28. The minimum atomic E-state index is -0.506. The first-order valence-electron chi connectivity index (χ1n) is 7.15. The number of ether oxygens (including phenoxy) is 1. The zero-order valence-electron chi connectivity index (χ0n) is 12.3. The third kappa shape index (κ3) is 4.38. The number of thioether (sulfide) groups is 1. The Labute approximate surface area is 137 Å². The highest BCUT2D eigenvalue weighted by Crippen LogP contribution is 2.20. The number of halogens is 1. The van der Waals surface area contributed by atoms with Gasteiger partial charge in [0.1, 0.15) is 6.10 Å². The minimum Gasteiger partial charge on any atom is -0.458 e. The van der Waals surface area contributed by atoms with Crippen LogP contribution in [-0.2, 0) is 4.79 Å². The normalized spacial score (nSPS) is 17.3. The predicted molar refractivity (Wildman–Crippen MR) is 82.6 cm³/mol. The molecule has 1 aliphatic heterocycles. The number of hydrogen-bond donors (Lipinski definition) is 0. The molecule has 6 nitrogen and oxygen atoms in total. The van der Waals surface area contributed by atoms with Crippen molar-refractivity contribution in [2.24, 2.45) is 0 Å². The number of aromatic nitrogens is 3. The van der Waals surface area contributed by atoms with Crippen molar-refractivity contribution in [1.82, 2.24) is 19.9 Å². The molecule has 0 aliphatic carbocycles. The van der Waals surface area contributed by atoms with Gasteiger partial charge in [-0.15, -0.1) is 11.8 Å². The predicted octanol–water partition coefficient (Wildman–Crippen LogP) is 1.78. The summed E-state index contributed by atoms with van der Waals surface area (Å²) in [5.41, 5.74) is 0. The zero-order valence-corrected chi connectivity index (χ0v) is 13.1. The van der Waals surface area contributed by atoms with E-state index in [1.54, 1.807) is 17.3 Å². The summed E-state index contributed by atoms with van der Waals surface area (Å²) in [6, 6.07) is 3.89. The standard InChI is InChI=1S/C15H15FN4O2S/c16-11-7-18-15(19-8-11)22-12-3-6-20(9-12)14(21)10-23-13-1-4-17-5-2-13/h1-2,4-5,7-8,12H,3,6,9-10H2. The van der Waals surface area contributed by atoms with E-state index in [0.717, 1.165) is 17.3 Å². The molecule has 1 unspecified atom stereocenters. The van der Waals surface area contributed by atoms with Crippen molar-refractivity contribution in [1.29, 1.82) is 0 Å². The number of carbonyl (C=O) groups excluding carboxylic acids is 1. The molecule has 0 aromatic carbocycles. The summed E-state index contributed by atoms with van der Waals surface area (Å²) in [7, 11) is 0. The summed E-state index contributed by atoms with van der Waals surface area (Å²) >= 11 is 1.48. The number of likely N-dealkylation sites (tertiary alicyclic amines) is 1. The number of hydrogen-bond acceptors (Lipinski definition) is 6. The SMILES string of the molecule is O=C(CSc1ccncc1)N1CCC(Oc2ncc(F)cn2)C1. The van der Waals surface area contributed by atoms with Crippen LogP contribution in [0.3, 0.4) is 0 Å². The Morgan fingerprint density at radius 1 is 1.35 bits per heavy atom. The molecule has 1 amide bonds. The van der Waals surface area contributed by atoms with Crippen LogP contribution >= 0.6 is 11.8 Å². The van der Waals surface area contributed by atoms with Gasteiger partial charge in [-0.3, -0.25) is 9.78 Å². The van der Waals surface area contributed by atoms with Gasteiger partial charge in [-0.1, -0.05) is 0 Å². The Balaban J connectivity index is 1.47. The van der Waals surface area contributed by atoms with Crippen LogP contribution in [0.2, 0.25) is 0 Å². The first-order valence-corrected chi connectivity index (χ1v) is 8.14. The van der Waals surface area contributed by atoms with Gasteiger partial charge in [0.15, 0.2) is 5.82 Å². The Morgan fingerprint density at radius 3 is 2.83 bits per heavy atom. The van der Waals surface area contributed by atoms with Gasteiger partial charge >= 0.3 is 6.01 Å². The molecule has 3 rings (SSSR count). The molecular formula is C15H15FN4O2S. The third-order valence-corrected chi connectivity index (χ3v) is 4.38. The van der Waals surface area contributed by atoms with Crippen molar-refractivity contribution in [2.45, 2.75) is 17.4 Å². The second-order valence-electron chi connectivity index (χ2n) is 5.02. The zero-order chi connectivity index (χ0) is 16.1. The van der Waals surface area contributed by atoms with Gasteiger partial charge in [-0.25, -0.2) is 14.4 Å². The van der Waals surface area contributed by atoms with Crippen LogP contribution in [0.4, 0.5) is 4.39 Å². The van der Waals surface area contributed by atoms with E-state index < -0.39 is 5.82 Å². The van der Waals surface area contributed by atoms with Crippen LogP contribution in [-0.4, -0.2) is 50.7 Å². The Bertz CT molecular complexity index is 656. The molecule has 0 bridgehead atoms. The maximum absolute atomic E-state index is 12.8. The molecule has 3 heterocycles. The fourth-order valence-electron chi connectivity index (χ4n) is 2.23. The van der Waals surface area contributed by atoms with E-state index in [-0.39, 0.29) is 18.0 Å². The molecule has 1 atom stereocenters. The van der Waals surface area contributed by atoms with Crippen molar-refractivity contribution >= 4 is 17.7 Å². The molecule has 2 aromatic heterocycles. The first kappa shape index (κ1) is 15.7. The fourth-order valence-corrected chi connectivity index (χ4v) is 3.02. The lowest BCUT2D eigenvalue weighted by Crippen LogP contribution is -2.32. The summed E-state index contributed by atoms with van der Waals surface area (Å²) in [4.78, 5) is 26.5. The average Bonchev–Trinajstić information content (AvgIpc) is 3.04. The molecule has 2 aromatic rings. The van der Waals surface area contributed by atoms with E-state index in [1.807, 2.05) is 12.1 Å². The van der Waals surface area contributed by atoms with Gasteiger partial charge in [-0.2, -0.15) is 0 Å². The van der Waals surface area contributed by atoms with Crippen LogP contribution in [0.25, 0.3) is 0 Å². The van der Waals surface area contributed by atoms with Gasteiger partial charge in [0.05, 0.1) is 24.7 Å². The smallest absolute Gasteiger partial charge is 0.316 e. The largest absolute Gasteiger partial charge is 0.458 e. The molecule has 0 radical (unpaired) electrons. The fraction of sp³-hybridized carbons (Fsp3) is 0.333. The number of amides is 1. The van der Waals surface area contributed by atoms with E-state index >= 15 is 0 Å². The Morgan fingerprint density at radius 2 is 2.09 bits per heavy atom. The average molecular weight is 334 g/mol. The van der Waals surface area contributed by atoms with E-state index in [1.165, 1.54) is 11.8 Å². The number of carbonyl (C=O) groups is 1. The monoisotopic (exact) mass is 334 g/mol. The van der Waals surface area contributed by atoms with Crippen LogP contribution in [0.5, 0.6) is 6.01 Å². The summed E-state index contributed by atoms with van der Waals surface area (Å²) < 4.78 is 18.3. The second kappa shape index (κ2) is 7.36. The van der Waals surface area contributed by atoms with Crippen molar-refractivity contribution in [3.8, 4) is 6.01 Å². The van der Waals surface area contributed by atoms with Crippen molar-refractivity contribution in [2.75, 3.05) is 18.8 Å². The molecule has 0 spiro atoms. The molecule has 120 valence electrons. The summed E-state index contributed by atoms with van der Waals surface area (Å²) in [5, 5.41) is 0. The quantitative estimate of drug-likeness (QED) is 0.777. The van der Waals surface area contributed by atoms with Crippen LogP contribution in [0.15, 0.2) is 41.8 Å². The maximum Gasteiger partial charge on any atom is 0.316 e. The second-order valence-corrected chi connectivity index (χ2v) is 6.07. The van der Waals surface area contributed by atoms with E-state index in [2.05, 4.69) is 15.0 Å². The van der Waals surface area contributed by atoms with E-state index in [4.69, 9.17) is 4.74 Å². The van der Waals surface area contributed by atoms with Crippen molar-refractivity contribution in [3.05, 3.63) is 42.7 Å². The number of rotatable bonds is 5. The maximum atomic E-state index is 12.8. The van der Waals surface area contributed by atoms with Gasteiger partial charge in [0.25, 0.3) is 0 Å². The van der Waals surface area contributed by atoms with Crippen molar-refractivity contribution in [3.63, 3.8) is 0 Å². The summed E-state index contributed by atoms with van der Waals surface area (Å²) in [5.74, 6) is -0.0595. The molecule has 1 saturated heterocycles. The molecule has 0 N–H and O–H groups in total. The summed E-state index contributed by atoms with van der Waals surface area (Å²) in [6.45, 7) is 1.14. The van der Waals surface area contributed by atoms with Crippen LogP contribution < -0.4 is 4.74 Å². The lowest BCUT2D eigenvalue weighted by Gasteiger charge is -2.16. The number of pyridine rings is 1. The molecule has 0 saturated carbocycles. The lowest BCUT2D eigenvalue weighted by atomic mass is 10.3.